The molecule has 5 rings (SSSR count). The Morgan fingerprint density at radius 2 is 0.962 bits per heavy atom. The van der Waals surface area contributed by atoms with Crippen LogP contribution in [0.1, 0.15) is 94.2 Å². The van der Waals surface area contributed by atoms with E-state index in [0.29, 0.717) is 11.4 Å². The van der Waals surface area contributed by atoms with Crippen LogP contribution in [0.5, 0.6) is 0 Å². The molecule has 3 aliphatic rings. The predicted octanol–water partition coefficient (Wildman–Crippen LogP) is 4.68. The van der Waals surface area contributed by atoms with Crippen LogP contribution < -0.4 is 32.2 Å². The topological polar surface area (TPSA) is 249 Å². The second kappa shape index (κ2) is 12.7. The summed E-state index contributed by atoms with van der Waals surface area (Å²) in [5.41, 5.74) is -0.375. The molecule has 8 bridgehead atoms. The number of aromatic amines is 2. The monoisotopic (exact) mass is 698 g/mol. The van der Waals surface area contributed by atoms with Gasteiger partial charge in [-0.1, -0.05) is 0 Å². The fraction of sp³-hybridized carbons (Fsp3) is 0.444. The first kappa shape index (κ1) is 36.8. The summed E-state index contributed by atoms with van der Waals surface area (Å²) in [5, 5.41) is 55.0. The average molecular weight is 699 g/mol. The molecule has 0 amide bonds. The van der Waals surface area contributed by atoms with E-state index in [1.54, 1.807) is 0 Å². The molecule has 0 spiro atoms. The lowest BCUT2D eigenvalue weighted by Crippen LogP contribution is -2.30. The van der Waals surface area contributed by atoms with E-state index in [-0.39, 0.29) is 79.6 Å². The molecule has 0 unspecified atom stereocenters. The Morgan fingerprint density at radius 1 is 0.519 bits per heavy atom. The molecule has 6 N–H and O–H groups in total. The Labute approximate surface area is 302 Å². The summed E-state index contributed by atoms with van der Waals surface area (Å²) in [6.07, 6.45) is 0. The Bertz CT molecular complexity index is 2360. The van der Waals surface area contributed by atoms with Crippen molar-refractivity contribution in [1.29, 1.82) is 21.0 Å². The summed E-state index contributed by atoms with van der Waals surface area (Å²) in [7, 11) is 0. The van der Waals surface area contributed by atoms with Gasteiger partial charge in [-0.05, 0) is 83.1 Å². The minimum atomic E-state index is -0.636. The number of aliphatic imine (C=N–C) groups is 4. The van der Waals surface area contributed by atoms with E-state index in [4.69, 9.17) is 30.0 Å². The summed E-state index contributed by atoms with van der Waals surface area (Å²) in [5.74, 6) is 0.924. The van der Waals surface area contributed by atoms with Crippen LogP contribution in [0, 0.1) is 45.3 Å². The maximum absolute atomic E-state index is 10.5. The fourth-order valence-corrected chi connectivity index (χ4v) is 5.30. The summed E-state index contributed by atoms with van der Waals surface area (Å²) in [4.78, 5) is 35.3. The molecule has 5 heterocycles. The lowest BCUT2D eigenvalue weighted by Gasteiger charge is -2.22. The average Bonchev–Trinajstić information content (AvgIpc) is 3.67. The lowest BCUT2D eigenvalue weighted by atomic mass is 10.1. The van der Waals surface area contributed by atoms with Crippen molar-refractivity contribution in [2.75, 3.05) is 10.6 Å². The van der Waals surface area contributed by atoms with Gasteiger partial charge in [-0.2, -0.15) is 21.0 Å². The minimum Gasteiger partial charge on any atom is -0.376 e. The Kier molecular flexibility index (Phi) is 8.95. The molecule has 266 valence electrons. The summed E-state index contributed by atoms with van der Waals surface area (Å²) < 4.78 is 0. The van der Waals surface area contributed by atoms with Gasteiger partial charge in [0, 0.05) is 11.1 Å². The van der Waals surface area contributed by atoms with Crippen molar-refractivity contribution in [1.82, 2.24) is 20.6 Å². The highest BCUT2D eigenvalue weighted by atomic mass is 15.2. The number of hydrogen-bond donors (Lipinski definition) is 6. The standard InChI is InChI=1S/C36H42N16/c1-33(2,3)49-21-17(13-37)25-41-26-18(14-38)23(51-35(7,8)9)31(43-26)48-32-24(52-36(10,11)12)20(16-40)28(47-32)46-30-22(50-34(4,5)6)19(15-39)27(45-30)44-29(21)42-25/h47,49,52H,1-12H3,(H,43,48)(H,45,46)(H,41,42,44). The van der Waals surface area contributed by atoms with Crippen LogP contribution in [-0.4, -0.2) is 55.2 Å². The highest BCUT2D eigenvalue weighted by Crippen LogP contribution is 2.39. The lowest BCUT2D eigenvalue weighted by molar-refractivity contribution is 0.585. The van der Waals surface area contributed by atoms with Gasteiger partial charge in [-0.3, -0.25) is 9.98 Å². The van der Waals surface area contributed by atoms with E-state index in [1.165, 1.54) is 0 Å². The molecular formula is C36H42N16. The van der Waals surface area contributed by atoms with Crippen molar-refractivity contribution in [3.63, 3.8) is 0 Å². The van der Waals surface area contributed by atoms with Gasteiger partial charge in [0.25, 0.3) is 0 Å². The molecular weight excluding hydrogens is 657 g/mol. The van der Waals surface area contributed by atoms with Crippen LogP contribution in [-0.2, 0) is 0 Å². The number of nitrogens with one attached hydrogen (secondary N) is 6. The van der Waals surface area contributed by atoms with E-state index < -0.39 is 22.2 Å². The summed E-state index contributed by atoms with van der Waals surface area (Å²) in [6.45, 7) is 22.9. The van der Waals surface area contributed by atoms with E-state index in [1.807, 2.05) is 83.1 Å². The Hall–Kier alpha value is -6.52. The van der Waals surface area contributed by atoms with Crippen molar-refractivity contribution in [3.8, 4) is 24.3 Å². The molecule has 2 aromatic rings. The Balaban J connectivity index is 2.01. The van der Waals surface area contributed by atoms with E-state index in [9.17, 15) is 21.0 Å². The second-order valence-corrected chi connectivity index (χ2v) is 16.4. The number of nitriles is 4. The quantitative estimate of drug-likeness (QED) is 0.256. The second-order valence-electron chi connectivity index (χ2n) is 16.4. The number of nitrogens with zero attached hydrogens (tertiary/aromatic N) is 10. The zero-order valence-corrected chi connectivity index (χ0v) is 31.5. The first-order valence-corrected chi connectivity index (χ1v) is 16.6. The molecule has 0 saturated carbocycles. The first-order chi connectivity index (χ1) is 24.0. The molecule has 2 aromatic heterocycles. The van der Waals surface area contributed by atoms with Gasteiger partial charge in [-0.15, -0.1) is 0 Å². The number of fused-ring (bicyclic) bond motifs is 8. The van der Waals surface area contributed by atoms with E-state index in [0.717, 1.165) is 0 Å². The van der Waals surface area contributed by atoms with Crippen molar-refractivity contribution >= 4 is 46.1 Å². The van der Waals surface area contributed by atoms with Crippen molar-refractivity contribution in [2.24, 2.45) is 30.0 Å². The largest absolute Gasteiger partial charge is 0.376 e. The normalized spacial score (nSPS) is 17.5. The highest BCUT2D eigenvalue weighted by molar-refractivity contribution is 6.52. The van der Waals surface area contributed by atoms with Crippen LogP contribution in [0.3, 0.4) is 0 Å². The SMILES string of the molecule is CC(C)(C)N=C1C2=Nc3[nH]c(c(C#N)c3NC(C)(C)C)N=C3NC(=C(C#N)C3=NC(C)(C)C)N=c3[nH]c(c(C#N)c3NC(C)(C)C)=NC(=C1C#N)N2. The smallest absolute Gasteiger partial charge is 0.161 e. The number of H-pyrrole nitrogens is 2. The molecule has 0 aliphatic carbocycles. The molecule has 0 fully saturated rings. The third-order valence-corrected chi connectivity index (χ3v) is 7.03. The third-order valence-electron chi connectivity index (χ3n) is 7.03. The molecule has 0 radical (unpaired) electrons. The van der Waals surface area contributed by atoms with Crippen LogP contribution in [0.2, 0.25) is 0 Å². The van der Waals surface area contributed by atoms with E-state index >= 15 is 0 Å². The fourth-order valence-electron chi connectivity index (χ4n) is 5.30. The van der Waals surface area contributed by atoms with Gasteiger partial charge in [0.05, 0.1) is 22.5 Å². The van der Waals surface area contributed by atoms with Gasteiger partial charge in [0.2, 0.25) is 0 Å². The van der Waals surface area contributed by atoms with Crippen molar-refractivity contribution in [3.05, 3.63) is 44.9 Å². The molecule has 3 aliphatic heterocycles. The predicted molar refractivity (Wildman–Crippen MR) is 200 cm³/mol. The van der Waals surface area contributed by atoms with E-state index in [2.05, 4.69) is 55.5 Å². The molecule has 16 heteroatoms. The van der Waals surface area contributed by atoms with Gasteiger partial charge < -0.3 is 31.2 Å². The number of rotatable bonds is 2. The Morgan fingerprint density at radius 3 is 1.38 bits per heavy atom. The molecule has 52 heavy (non-hydrogen) atoms. The molecule has 0 saturated heterocycles. The molecule has 0 atom stereocenters. The van der Waals surface area contributed by atoms with Gasteiger partial charge in [0.1, 0.15) is 58.0 Å². The zero-order chi connectivity index (χ0) is 38.6. The minimum absolute atomic E-state index is 0.0939. The third kappa shape index (κ3) is 7.62. The van der Waals surface area contributed by atoms with Crippen LogP contribution in [0.15, 0.2) is 52.7 Å². The van der Waals surface area contributed by atoms with Gasteiger partial charge >= 0.3 is 0 Å². The number of hydrogen-bond acceptors (Lipinski definition) is 14. The van der Waals surface area contributed by atoms with Crippen LogP contribution in [0.25, 0.3) is 0 Å². The zero-order valence-electron chi connectivity index (χ0n) is 31.5. The maximum atomic E-state index is 10.5. The number of amidine groups is 2. The number of aromatic nitrogens is 2. The molecule has 0 aromatic carbocycles. The van der Waals surface area contributed by atoms with Gasteiger partial charge in [-0.25, -0.2) is 20.0 Å². The molecule has 16 nitrogen and oxygen atoms in total. The summed E-state index contributed by atoms with van der Waals surface area (Å²) in [6, 6.07) is 8.92. The van der Waals surface area contributed by atoms with Crippen molar-refractivity contribution < 1.29 is 0 Å². The van der Waals surface area contributed by atoms with Crippen LogP contribution >= 0.6 is 0 Å². The first-order valence-electron chi connectivity index (χ1n) is 16.6. The van der Waals surface area contributed by atoms with Crippen LogP contribution in [0.4, 0.5) is 23.0 Å². The van der Waals surface area contributed by atoms with Crippen molar-refractivity contribution in [2.45, 2.75) is 105 Å². The number of anilines is 2. The maximum Gasteiger partial charge on any atom is 0.161 e. The highest BCUT2D eigenvalue weighted by Gasteiger charge is 2.34. The van der Waals surface area contributed by atoms with Gasteiger partial charge in [0.15, 0.2) is 45.9 Å². The summed E-state index contributed by atoms with van der Waals surface area (Å²) >= 11 is 0.